The normalized spacial score (nSPS) is 11.8. The van der Waals surface area contributed by atoms with Crippen molar-refractivity contribution in [2.75, 3.05) is 11.6 Å². The number of benzene rings is 2. The number of carbonyl (C=O) groups is 1. The number of carbonyl (C=O) groups excluding carboxylic acids is 1. The minimum absolute atomic E-state index is 0.204. The van der Waals surface area contributed by atoms with E-state index in [2.05, 4.69) is 20.4 Å². The molecule has 2 aromatic carbocycles. The summed E-state index contributed by atoms with van der Waals surface area (Å²) in [5.41, 5.74) is 4.35. The predicted molar refractivity (Wildman–Crippen MR) is 127 cm³/mol. The zero-order chi connectivity index (χ0) is 23.3. The summed E-state index contributed by atoms with van der Waals surface area (Å²) in [6.45, 7) is 3.75. The summed E-state index contributed by atoms with van der Waals surface area (Å²) in [6.07, 6.45) is 1.15. The molecule has 3 heterocycles. The van der Waals surface area contributed by atoms with Crippen LogP contribution in [-0.4, -0.2) is 35.7 Å². The molecule has 5 aromatic rings. The van der Waals surface area contributed by atoms with E-state index in [-0.39, 0.29) is 16.5 Å². The van der Waals surface area contributed by atoms with Gasteiger partial charge in [-0.1, -0.05) is 46.3 Å². The summed E-state index contributed by atoms with van der Waals surface area (Å²) < 4.78 is 29.7. The molecule has 0 saturated carbocycles. The van der Waals surface area contributed by atoms with Crippen molar-refractivity contribution in [1.29, 1.82) is 0 Å². The molecule has 0 fully saturated rings. The SMILES string of the molecule is Cc1ccc(-c2cc(C(=O)Nc3nc4ccc(S(C)(=O)=O)cc4s3)c3c(C)noc3n2)cc1. The molecule has 0 aliphatic rings. The number of fused-ring (bicyclic) bond motifs is 2. The molecular formula is C23H18N4O4S2. The van der Waals surface area contributed by atoms with Crippen LogP contribution >= 0.6 is 11.3 Å². The molecule has 8 nitrogen and oxygen atoms in total. The van der Waals surface area contributed by atoms with Crippen molar-refractivity contribution >= 4 is 53.5 Å². The minimum Gasteiger partial charge on any atom is -0.335 e. The lowest BCUT2D eigenvalue weighted by molar-refractivity contribution is 0.102. The Morgan fingerprint density at radius 2 is 1.79 bits per heavy atom. The monoisotopic (exact) mass is 478 g/mol. The maximum atomic E-state index is 13.3. The Hall–Kier alpha value is -3.63. The fourth-order valence-corrected chi connectivity index (χ4v) is 5.12. The lowest BCUT2D eigenvalue weighted by Gasteiger charge is -2.07. The maximum absolute atomic E-state index is 13.3. The van der Waals surface area contributed by atoms with Gasteiger partial charge in [-0.15, -0.1) is 0 Å². The van der Waals surface area contributed by atoms with Crippen molar-refractivity contribution in [2.45, 2.75) is 18.7 Å². The third-order valence-electron chi connectivity index (χ3n) is 5.22. The van der Waals surface area contributed by atoms with Crippen LogP contribution in [0.1, 0.15) is 21.6 Å². The summed E-state index contributed by atoms with van der Waals surface area (Å²) in [4.78, 5) is 22.4. The molecule has 166 valence electrons. The van der Waals surface area contributed by atoms with E-state index >= 15 is 0 Å². The Balaban J connectivity index is 1.55. The smallest absolute Gasteiger partial charge is 0.259 e. The number of sulfone groups is 1. The summed E-state index contributed by atoms with van der Waals surface area (Å²) in [7, 11) is -3.34. The van der Waals surface area contributed by atoms with Gasteiger partial charge in [-0.3, -0.25) is 10.1 Å². The van der Waals surface area contributed by atoms with Gasteiger partial charge in [-0.25, -0.2) is 18.4 Å². The van der Waals surface area contributed by atoms with Crippen LogP contribution in [0.15, 0.2) is 57.9 Å². The highest BCUT2D eigenvalue weighted by molar-refractivity contribution is 7.90. The van der Waals surface area contributed by atoms with Crippen molar-refractivity contribution in [3.05, 3.63) is 65.4 Å². The first-order chi connectivity index (χ1) is 15.7. The van der Waals surface area contributed by atoms with E-state index in [9.17, 15) is 13.2 Å². The topological polar surface area (TPSA) is 115 Å². The number of amides is 1. The minimum atomic E-state index is -3.34. The quantitative estimate of drug-likeness (QED) is 0.395. The largest absolute Gasteiger partial charge is 0.335 e. The highest BCUT2D eigenvalue weighted by atomic mass is 32.2. The van der Waals surface area contributed by atoms with Gasteiger partial charge in [0.15, 0.2) is 15.0 Å². The van der Waals surface area contributed by atoms with Crippen LogP contribution in [0, 0.1) is 13.8 Å². The number of aromatic nitrogens is 3. The molecule has 0 saturated heterocycles. The van der Waals surface area contributed by atoms with Gasteiger partial charge in [-0.2, -0.15) is 0 Å². The second kappa shape index (κ2) is 7.75. The molecule has 1 N–H and O–H groups in total. The highest BCUT2D eigenvalue weighted by Gasteiger charge is 2.21. The third-order valence-corrected chi connectivity index (χ3v) is 7.26. The lowest BCUT2D eigenvalue weighted by atomic mass is 10.0. The first kappa shape index (κ1) is 21.2. The van der Waals surface area contributed by atoms with Gasteiger partial charge < -0.3 is 4.52 Å². The average Bonchev–Trinajstić information content (AvgIpc) is 3.35. The van der Waals surface area contributed by atoms with Crippen molar-refractivity contribution in [3.8, 4) is 11.3 Å². The zero-order valence-corrected chi connectivity index (χ0v) is 19.5. The number of hydrogen-bond donors (Lipinski definition) is 1. The summed E-state index contributed by atoms with van der Waals surface area (Å²) in [5, 5.41) is 7.69. The van der Waals surface area contributed by atoms with Gasteiger partial charge in [-0.05, 0) is 38.1 Å². The first-order valence-corrected chi connectivity index (χ1v) is 12.7. The molecule has 33 heavy (non-hydrogen) atoms. The Labute approximate surface area is 193 Å². The van der Waals surface area contributed by atoms with Crippen molar-refractivity contribution in [1.82, 2.24) is 15.1 Å². The Morgan fingerprint density at radius 3 is 2.52 bits per heavy atom. The number of anilines is 1. The van der Waals surface area contributed by atoms with Gasteiger partial charge >= 0.3 is 0 Å². The van der Waals surface area contributed by atoms with Crippen molar-refractivity contribution in [2.24, 2.45) is 0 Å². The fourth-order valence-electron chi connectivity index (χ4n) is 3.50. The molecule has 1 amide bonds. The molecular weight excluding hydrogens is 460 g/mol. The van der Waals surface area contributed by atoms with Crippen LogP contribution in [0.3, 0.4) is 0 Å². The first-order valence-electron chi connectivity index (χ1n) is 9.95. The maximum Gasteiger partial charge on any atom is 0.259 e. The average molecular weight is 479 g/mol. The van der Waals surface area contributed by atoms with Crippen LogP contribution in [0.25, 0.3) is 32.6 Å². The Morgan fingerprint density at radius 1 is 1.03 bits per heavy atom. The number of thiazole rings is 1. The van der Waals surface area contributed by atoms with E-state index in [1.165, 1.54) is 17.4 Å². The Bertz CT molecular complexity index is 1650. The molecule has 10 heteroatoms. The third kappa shape index (κ3) is 3.98. The molecule has 0 aliphatic carbocycles. The van der Waals surface area contributed by atoms with Crippen LogP contribution in [0.4, 0.5) is 5.13 Å². The van der Waals surface area contributed by atoms with Crippen LogP contribution in [0.2, 0.25) is 0 Å². The van der Waals surface area contributed by atoms with Crippen LogP contribution in [-0.2, 0) is 9.84 Å². The van der Waals surface area contributed by atoms with Gasteiger partial charge in [0, 0.05) is 11.8 Å². The zero-order valence-electron chi connectivity index (χ0n) is 17.9. The molecule has 0 radical (unpaired) electrons. The lowest BCUT2D eigenvalue weighted by Crippen LogP contribution is -2.13. The van der Waals surface area contributed by atoms with E-state index in [0.29, 0.717) is 37.7 Å². The van der Waals surface area contributed by atoms with E-state index in [0.717, 1.165) is 17.4 Å². The number of hydrogen-bond acceptors (Lipinski definition) is 8. The number of aryl methyl sites for hydroxylation is 2. The summed E-state index contributed by atoms with van der Waals surface area (Å²) in [6, 6.07) is 14.2. The van der Waals surface area contributed by atoms with E-state index in [1.54, 1.807) is 25.1 Å². The highest BCUT2D eigenvalue weighted by Crippen LogP contribution is 2.31. The van der Waals surface area contributed by atoms with Gasteiger partial charge in [0.25, 0.3) is 11.6 Å². The number of pyridine rings is 1. The summed E-state index contributed by atoms with van der Waals surface area (Å²) >= 11 is 1.20. The number of nitrogens with one attached hydrogen (secondary N) is 1. The van der Waals surface area contributed by atoms with E-state index < -0.39 is 9.84 Å². The van der Waals surface area contributed by atoms with Crippen molar-refractivity contribution < 1.29 is 17.7 Å². The standard InChI is InChI=1S/C23H18N4O4S2/c1-12-4-6-14(7-5-12)18-11-16(20-13(2)27-31-22(20)24-18)21(28)26-23-25-17-9-8-15(33(3,29)30)10-19(17)32-23/h4-11H,1-3H3,(H,25,26,28). The summed E-state index contributed by atoms with van der Waals surface area (Å²) in [5.74, 6) is -0.385. The number of rotatable bonds is 4. The van der Waals surface area contributed by atoms with Crippen molar-refractivity contribution in [3.63, 3.8) is 0 Å². The second-order valence-electron chi connectivity index (χ2n) is 7.74. The Kier molecular flexibility index (Phi) is 4.98. The predicted octanol–water partition coefficient (Wildman–Crippen LogP) is 4.77. The van der Waals surface area contributed by atoms with Gasteiger partial charge in [0.2, 0.25) is 0 Å². The van der Waals surface area contributed by atoms with Gasteiger partial charge in [0.05, 0.1) is 37.4 Å². The number of nitrogens with zero attached hydrogens (tertiary/aromatic N) is 3. The fraction of sp³-hybridized carbons (Fsp3) is 0.130. The molecule has 0 atom stereocenters. The molecule has 5 rings (SSSR count). The molecule has 0 unspecified atom stereocenters. The second-order valence-corrected chi connectivity index (χ2v) is 10.8. The molecule has 0 bridgehead atoms. The molecule has 0 spiro atoms. The van der Waals surface area contributed by atoms with Crippen LogP contribution < -0.4 is 5.32 Å². The van der Waals surface area contributed by atoms with Gasteiger partial charge in [0.1, 0.15) is 0 Å². The molecule has 3 aromatic heterocycles. The van der Waals surface area contributed by atoms with E-state index in [1.807, 2.05) is 31.2 Å². The molecule has 0 aliphatic heterocycles. The van der Waals surface area contributed by atoms with Crippen LogP contribution in [0.5, 0.6) is 0 Å². The van der Waals surface area contributed by atoms with E-state index in [4.69, 9.17) is 4.52 Å².